The number of hydrogen-bond acceptors (Lipinski definition) is 0. The van der Waals surface area contributed by atoms with Gasteiger partial charge in [0.2, 0.25) is 0 Å². The van der Waals surface area contributed by atoms with Crippen molar-refractivity contribution in [2.75, 3.05) is 0 Å². The molecule has 0 saturated heterocycles. The quantitative estimate of drug-likeness (QED) is 0.145. The van der Waals surface area contributed by atoms with Crippen molar-refractivity contribution in [3.05, 3.63) is 218 Å². The molecule has 8 aromatic carbocycles. The van der Waals surface area contributed by atoms with Gasteiger partial charge in [0.15, 0.2) is 0 Å². The van der Waals surface area contributed by atoms with E-state index in [9.17, 15) is 0 Å². The Morgan fingerprint density at radius 2 is 0.759 bits per heavy atom. The first kappa shape index (κ1) is 33.7. The highest BCUT2D eigenvalue weighted by atomic mass is 15.0. The average Bonchev–Trinajstić information content (AvgIpc) is 3.91. The predicted molar refractivity (Wildman–Crippen MR) is 247 cm³/mol. The molecule has 11 rings (SSSR count). The van der Waals surface area contributed by atoms with Crippen LogP contribution in [0.1, 0.15) is 11.3 Å². The largest absolute Gasteiger partial charge is 0.310 e. The number of para-hydroxylation sites is 5. The summed E-state index contributed by atoms with van der Waals surface area (Å²) in [7, 11) is 0. The second-order valence-corrected chi connectivity index (χ2v) is 15.0. The van der Waals surface area contributed by atoms with E-state index in [-0.39, 0.29) is 0 Å². The van der Waals surface area contributed by atoms with Crippen molar-refractivity contribution in [3.8, 4) is 39.3 Å². The molecule has 0 fully saturated rings. The zero-order valence-corrected chi connectivity index (χ0v) is 32.2. The topological polar surface area (TPSA) is 14.8 Å². The van der Waals surface area contributed by atoms with E-state index in [4.69, 9.17) is 0 Å². The Bertz CT molecular complexity index is 3300. The molecule has 0 spiro atoms. The highest BCUT2D eigenvalue weighted by Crippen LogP contribution is 2.40. The molecule has 0 aliphatic heterocycles. The minimum atomic E-state index is 1.11. The van der Waals surface area contributed by atoms with Gasteiger partial charge < -0.3 is 13.7 Å². The van der Waals surface area contributed by atoms with Gasteiger partial charge in [-0.25, -0.2) is 0 Å². The summed E-state index contributed by atoms with van der Waals surface area (Å²) < 4.78 is 7.14. The summed E-state index contributed by atoms with van der Waals surface area (Å²) in [4.78, 5) is 0. The summed E-state index contributed by atoms with van der Waals surface area (Å²) in [6, 6.07) is 68.5. The van der Waals surface area contributed by atoms with Gasteiger partial charge in [0.1, 0.15) is 0 Å². The van der Waals surface area contributed by atoms with Crippen molar-refractivity contribution < 1.29 is 0 Å². The predicted octanol–water partition coefficient (Wildman–Crippen LogP) is 14.7. The molecule has 3 nitrogen and oxygen atoms in total. The van der Waals surface area contributed by atoms with Gasteiger partial charge >= 0.3 is 0 Å². The van der Waals surface area contributed by atoms with E-state index in [1.165, 1.54) is 71.2 Å². The van der Waals surface area contributed by atoms with Gasteiger partial charge in [-0.05, 0) is 108 Å². The maximum atomic E-state index is 3.97. The molecule has 11 aromatic rings. The van der Waals surface area contributed by atoms with Crippen LogP contribution in [-0.4, -0.2) is 13.7 Å². The van der Waals surface area contributed by atoms with E-state index >= 15 is 0 Å². The molecule has 3 heteroatoms. The average molecular weight is 742 g/mol. The Labute approximate surface area is 337 Å². The van der Waals surface area contributed by atoms with E-state index < -0.39 is 0 Å². The summed E-state index contributed by atoms with van der Waals surface area (Å²) in [6.45, 7) is 6.18. The Morgan fingerprint density at radius 3 is 1.21 bits per heavy atom. The van der Waals surface area contributed by atoms with Crippen LogP contribution < -0.4 is 0 Å². The molecule has 0 atom stereocenters. The van der Waals surface area contributed by atoms with Crippen LogP contribution in [-0.2, 0) is 0 Å². The van der Waals surface area contributed by atoms with Crippen LogP contribution in [0.25, 0.3) is 99.9 Å². The SMILES string of the molecule is C=C/C=C\c1c(C)c2ccccc2n1-c1ccc(-c2ccc(-n3c4ccccc4c4ccccc43)cc2)c(-c2ccc(-n3c4ccccc4c4ccccc43)cc2)c1. The van der Waals surface area contributed by atoms with Crippen molar-refractivity contribution >= 4 is 60.6 Å². The standard InChI is InChI=1S/C55H39N3/c1-3-4-20-50-37(2)43-15-5-10-21-51(43)58(50)42-34-35-44(38-26-30-40(31-27-38)56-52-22-11-6-16-45(52)46-17-7-12-23-53(46)56)49(36-42)39-28-32-41(33-29-39)57-54-24-13-8-18-47(54)48-19-9-14-25-55(48)57/h3-36H,1H2,2H3/b20-4-. The number of nitrogens with zero attached hydrogens (tertiary/aromatic N) is 3. The summed E-state index contributed by atoms with van der Waals surface area (Å²) in [6.07, 6.45) is 6.04. The van der Waals surface area contributed by atoms with Crippen molar-refractivity contribution in [1.82, 2.24) is 13.7 Å². The molecule has 0 aliphatic rings. The molecule has 0 N–H and O–H groups in total. The van der Waals surface area contributed by atoms with E-state index in [1.807, 2.05) is 12.2 Å². The van der Waals surface area contributed by atoms with Gasteiger partial charge in [-0.3, -0.25) is 0 Å². The van der Waals surface area contributed by atoms with Crippen molar-refractivity contribution in [2.45, 2.75) is 6.92 Å². The summed E-state index contributed by atoms with van der Waals surface area (Å²) >= 11 is 0. The molecule has 0 bridgehead atoms. The van der Waals surface area contributed by atoms with Crippen LogP contribution in [0.5, 0.6) is 0 Å². The van der Waals surface area contributed by atoms with E-state index in [2.05, 4.69) is 221 Å². The molecule has 58 heavy (non-hydrogen) atoms. The van der Waals surface area contributed by atoms with Crippen LogP contribution in [0.15, 0.2) is 207 Å². The van der Waals surface area contributed by atoms with Crippen LogP contribution in [0.3, 0.4) is 0 Å². The third-order valence-corrected chi connectivity index (χ3v) is 11.9. The third kappa shape index (κ3) is 5.21. The lowest BCUT2D eigenvalue weighted by Gasteiger charge is -2.17. The molecule has 274 valence electrons. The zero-order valence-electron chi connectivity index (χ0n) is 32.2. The minimum Gasteiger partial charge on any atom is -0.310 e. The maximum absolute atomic E-state index is 3.97. The first-order valence-electron chi connectivity index (χ1n) is 19.9. The Hall–Kier alpha value is -7.62. The van der Waals surface area contributed by atoms with Gasteiger partial charge in [-0.15, -0.1) is 0 Å². The first-order valence-corrected chi connectivity index (χ1v) is 19.9. The number of aryl methyl sites for hydroxylation is 1. The number of hydrogen-bond donors (Lipinski definition) is 0. The Balaban J connectivity index is 1.09. The fourth-order valence-electron chi connectivity index (χ4n) is 9.20. The molecule has 0 radical (unpaired) electrons. The highest BCUT2D eigenvalue weighted by molar-refractivity contribution is 6.10. The summed E-state index contributed by atoms with van der Waals surface area (Å²) in [5, 5.41) is 6.29. The second kappa shape index (κ2) is 13.5. The molecule has 0 aliphatic carbocycles. The molecular formula is C55H39N3. The molecule has 0 unspecified atom stereocenters. The Kier molecular flexibility index (Phi) is 7.87. The Morgan fingerprint density at radius 1 is 0.379 bits per heavy atom. The lowest BCUT2D eigenvalue weighted by atomic mass is 9.93. The van der Waals surface area contributed by atoms with Gasteiger partial charge in [0, 0.05) is 49.7 Å². The maximum Gasteiger partial charge on any atom is 0.0541 e. The molecule has 0 amide bonds. The fraction of sp³-hybridized carbons (Fsp3) is 0.0182. The molecule has 3 heterocycles. The normalized spacial score (nSPS) is 11.9. The molecular weight excluding hydrogens is 703 g/mol. The van der Waals surface area contributed by atoms with Crippen LogP contribution in [0.4, 0.5) is 0 Å². The van der Waals surface area contributed by atoms with Crippen LogP contribution in [0, 0.1) is 6.92 Å². The number of benzene rings is 8. The van der Waals surface area contributed by atoms with Crippen LogP contribution >= 0.6 is 0 Å². The minimum absolute atomic E-state index is 1.11. The molecule has 3 aromatic heterocycles. The summed E-state index contributed by atoms with van der Waals surface area (Å²) in [5.41, 5.74) is 16.5. The van der Waals surface area contributed by atoms with Crippen molar-refractivity contribution in [3.63, 3.8) is 0 Å². The lowest BCUT2D eigenvalue weighted by Crippen LogP contribution is -1.99. The number of allylic oxidation sites excluding steroid dienone is 2. The van der Waals surface area contributed by atoms with Gasteiger partial charge in [-0.1, -0.05) is 140 Å². The van der Waals surface area contributed by atoms with Gasteiger partial charge in [0.25, 0.3) is 0 Å². The van der Waals surface area contributed by atoms with E-state index in [0.717, 1.165) is 33.9 Å². The number of rotatable bonds is 7. The summed E-state index contributed by atoms with van der Waals surface area (Å²) in [5.74, 6) is 0. The van der Waals surface area contributed by atoms with Crippen molar-refractivity contribution in [2.24, 2.45) is 0 Å². The zero-order chi connectivity index (χ0) is 38.7. The smallest absolute Gasteiger partial charge is 0.0541 e. The van der Waals surface area contributed by atoms with Crippen molar-refractivity contribution in [1.29, 1.82) is 0 Å². The third-order valence-electron chi connectivity index (χ3n) is 11.9. The van der Waals surface area contributed by atoms with E-state index in [1.54, 1.807) is 0 Å². The fourth-order valence-corrected chi connectivity index (χ4v) is 9.20. The highest BCUT2D eigenvalue weighted by Gasteiger charge is 2.18. The van der Waals surface area contributed by atoms with E-state index in [0.29, 0.717) is 0 Å². The second-order valence-electron chi connectivity index (χ2n) is 15.0. The first-order chi connectivity index (χ1) is 28.7. The number of fused-ring (bicyclic) bond motifs is 7. The van der Waals surface area contributed by atoms with Crippen LogP contribution in [0.2, 0.25) is 0 Å². The van der Waals surface area contributed by atoms with Gasteiger partial charge in [-0.2, -0.15) is 0 Å². The molecule has 0 saturated carbocycles. The lowest BCUT2D eigenvalue weighted by molar-refractivity contribution is 1.10. The number of aromatic nitrogens is 3. The van der Waals surface area contributed by atoms with Gasteiger partial charge in [0.05, 0.1) is 27.6 Å². The monoisotopic (exact) mass is 741 g/mol.